The molecule has 0 spiro atoms. The number of para-hydroxylation sites is 1. The Bertz CT molecular complexity index is 584. The minimum Gasteiger partial charge on any atom is -0.493 e. The van der Waals surface area contributed by atoms with Crippen LogP contribution >= 0.6 is 0 Å². The van der Waals surface area contributed by atoms with Gasteiger partial charge in [0, 0.05) is 12.1 Å². The molecule has 0 fully saturated rings. The van der Waals surface area contributed by atoms with Gasteiger partial charge >= 0.3 is 0 Å². The van der Waals surface area contributed by atoms with Crippen LogP contribution < -0.4 is 14.8 Å². The van der Waals surface area contributed by atoms with Crippen molar-refractivity contribution in [1.82, 2.24) is 5.32 Å². The van der Waals surface area contributed by atoms with Crippen molar-refractivity contribution in [2.24, 2.45) is 0 Å². The van der Waals surface area contributed by atoms with Gasteiger partial charge in [-0.15, -0.1) is 0 Å². The first-order valence-corrected chi connectivity index (χ1v) is 7.48. The van der Waals surface area contributed by atoms with E-state index >= 15 is 0 Å². The van der Waals surface area contributed by atoms with Gasteiger partial charge < -0.3 is 14.8 Å². The fourth-order valence-corrected chi connectivity index (χ4v) is 2.28. The molecular weight excluding hydrogens is 281 g/mol. The molecule has 3 nitrogen and oxygen atoms in total. The molecule has 0 bridgehead atoms. The van der Waals surface area contributed by atoms with E-state index in [1.54, 1.807) is 7.11 Å². The molecule has 0 aromatic heterocycles. The zero-order chi connectivity index (χ0) is 15.8. The Labute approximate surface area is 131 Å². The van der Waals surface area contributed by atoms with Crippen molar-refractivity contribution in [1.29, 1.82) is 0 Å². The maximum absolute atomic E-state index is 12.8. The van der Waals surface area contributed by atoms with E-state index in [2.05, 4.69) is 5.32 Å². The van der Waals surface area contributed by atoms with Gasteiger partial charge in [-0.25, -0.2) is 4.39 Å². The van der Waals surface area contributed by atoms with Crippen molar-refractivity contribution >= 4 is 0 Å². The fraction of sp³-hybridized carbons (Fsp3) is 0.333. The predicted octanol–water partition coefficient (Wildman–Crippen LogP) is 3.57. The molecule has 0 aliphatic heterocycles. The molecule has 0 heterocycles. The summed E-state index contributed by atoms with van der Waals surface area (Å²) in [5, 5.41) is 3.39. The third kappa shape index (κ3) is 4.46. The van der Waals surface area contributed by atoms with Crippen LogP contribution in [-0.2, 0) is 13.0 Å². The normalized spacial score (nSPS) is 10.5. The molecule has 0 atom stereocenters. The van der Waals surface area contributed by atoms with Crippen LogP contribution in [0.2, 0.25) is 0 Å². The quantitative estimate of drug-likeness (QED) is 0.756. The molecular formula is C18H22FNO2. The van der Waals surface area contributed by atoms with Crippen LogP contribution in [0.25, 0.3) is 0 Å². The van der Waals surface area contributed by atoms with Crippen LogP contribution in [-0.4, -0.2) is 20.3 Å². The fourth-order valence-electron chi connectivity index (χ4n) is 2.28. The Morgan fingerprint density at radius 3 is 2.55 bits per heavy atom. The van der Waals surface area contributed by atoms with Gasteiger partial charge in [0.05, 0.1) is 13.7 Å². The first kappa shape index (κ1) is 16.3. The molecule has 1 N–H and O–H groups in total. The van der Waals surface area contributed by atoms with Crippen molar-refractivity contribution in [2.75, 3.05) is 20.3 Å². The first-order chi connectivity index (χ1) is 10.7. The van der Waals surface area contributed by atoms with Crippen LogP contribution in [0, 0.1) is 5.82 Å². The maximum Gasteiger partial charge on any atom is 0.165 e. The summed E-state index contributed by atoms with van der Waals surface area (Å²) in [6.07, 6.45) is 0.855. The number of rotatable bonds is 8. The molecule has 118 valence electrons. The van der Waals surface area contributed by atoms with Gasteiger partial charge in [0.25, 0.3) is 0 Å². The van der Waals surface area contributed by atoms with E-state index in [9.17, 15) is 4.39 Å². The lowest BCUT2D eigenvalue weighted by Crippen LogP contribution is -2.17. The van der Waals surface area contributed by atoms with Gasteiger partial charge in [-0.2, -0.15) is 0 Å². The molecule has 2 aromatic rings. The molecule has 0 radical (unpaired) electrons. The number of hydrogen-bond donors (Lipinski definition) is 1. The zero-order valence-electron chi connectivity index (χ0n) is 13.1. The Morgan fingerprint density at radius 1 is 1.09 bits per heavy atom. The summed E-state index contributed by atoms with van der Waals surface area (Å²) in [5.74, 6) is 1.34. The predicted molar refractivity (Wildman–Crippen MR) is 86.0 cm³/mol. The Kier molecular flexibility index (Phi) is 6.22. The van der Waals surface area contributed by atoms with Crippen molar-refractivity contribution < 1.29 is 13.9 Å². The summed E-state index contributed by atoms with van der Waals surface area (Å²) in [6.45, 7) is 4.07. The van der Waals surface area contributed by atoms with Gasteiger partial charge in [-0.05, 0) is 43.7 Å². The molecule has 4 heteroatoms. The molecule has 0 unspecified atom stereocenters. The lowest BCUT2D eigenvalue weighted by atomic mass is 10.1. The van der Waals surface area contributed by atoms with Crippen LogP contribution in [0.1, 0.15) is 18.1 Å². The summed E-state index contributed by atoms with van der Waals surface area (Å²) in [5.41, 5.74) is 2.19. The van der Waals surface area contributed by atoms with Crippen LogP contribution in [0.4, 0.5) is 4.39 Å². The highest BCUT2D eigenvalue weighted by atomic mass is 19.1. The van der Waals surface area contributed by atoms with Gasteiger partial charge in [0.2, 0.25) is 0 Å². The standard InChI is InChI=1S/C18H22FNO2/c1-3-22-18-15(5-4-6-17(18)21-2)13-20-12-11-14-7-9-16(19)10-8-14/h4-10,20H,3,11-13H2,1-2H3. The number of ether oxygens (including phenoxy) is 2. The molecule has 0 aliphatic carbocycles. The van der Waals surface area contributed by atoms with Crippen LogP contribution in [0.3, 0.4) is 0 Å². The number of nitrogens with one attached hydrogen (secondary N) is 1. The van der Waals surface area contributed by atoms with E-state index in [4.69, 9.17) is 9.47 Å². The Balaban J connectivity index is 1.89. The van der Waals surface area contributed by atoms with Crippen molar-refractivity contribution in [3.8, 4) is 11.5 Å². The maximum atomic E-state index is 12.8. The van der Waals surface area contributed by atoms with Crippen molar-refractivity contribution in [3.63, 3.8) is 0 Å². The highest BCUT2D eigenvalue weighted by Crippen LogP contribution is 2.30. The van der Waals surface area contributed by atoms with Crippen molar-refractivity contribution in [2.45, 2.75) is 19.9 Å². The number of halogens is 1. The molecule has 22 heavy (non-hydrogen) atoms. The zero-order valence-corrected chi connectivity index (χ0v) is 13.1. The molecule has 0 saturated carbocycles. The van der Waals surface area contributed by atoms with Crippen LogP contribution in [0.5, 0.6) is 11.5 Å². The second-order valence-electron chi connectivity index (χ2n) is 4.93. The highest BCUT2D eigenvalue weighted by Gasteiger charge is 2.09. The number of methoxy groups -OCH3 is 1. The van der Waals surface area contributed by atoms with Gasteiger partial charge in [-0.1, -0.05) is 24.3 Å². The van der Waals surface area contributed by atoms with E-state index < -0.39 is 0 Å². The Morgan fingerprint density at radius 2 is 1.86 bits per heavy atom. The average Bonchev–Trinajstić information content (AvgIpc) is 2.54. The summed E-state index contributed by atoms with van der Waals surface area (Å²) in [7, 11) is 1.64. The minimum atomic E-state index is -0.200. The van der Waals surface area contributed by atoms with E-state index in [0.717, 1.165) is 35.6 Å². The highest BCUT2D eigenvalue weighted by molar-refractivity contribution is 5.46. The average molecular weight is 303 g/mol. The largest absolute Gasteiger partial charge is 0.493 e. The summed E-state index contributed by atoms with van der Waals surface area (Å²) < 4.78 is 23.9. The lowest BCUT2D eigenvalue weighted by molar-refractivity contribution is 0.307. The third-order valence-electron chi connectivity index (χ3n) is 3.39. The monoisotopic (exact) mass is 303 g/mol. The summed E-state index contributed by atoms with van der Waals surface area (Å²) in [4.78, 5) is 0. The van der Waals surface area contributed by atoms with Crippen LogP contribution in [0.15, 0.2) is 42.5 Å². The van der Waals surface area contributed by atoms with Crippen molar-refractivity contribution in [3.05, 3.63) is 59.4 Å². The third-order valence-corrected chi connectivity index (χ3v) is 3.39. The van der Waals surface area contributed by atoms with E-state index in [0.29, 0.717) is 13.2 Å². The van der Waals surface area contributed by atoms with E-state index in [1.807, 2.05) is 37.3 Å². The Hall–Kier alpha value is -2.07. The molecule has 0 saturated heterocycles. The minimum absolute atomic E-state index is 0.200. The van der Waals surface area contributed by atoms with E-state index in [-0.39, 0.29) is 5.82 Å². The van der Waals surface area contributed by atoms with E-state index in [1.165, 1.54) is 12.1 Å². The second-order valence-corrected chi connectivity index (χ2v) is 4.93. The molecule has 0 amide bonds. The molecule has 2 aromatic carbocycles. The van der Waals surface area contributed by atoms with Gasteiger partial charge in [0.15, 0.2) is 11.5 Å². The summed E-state index contributed by atoms with van der Waals surface area (Å²) >= 11 is 0. The summed E-state index contributed by atoms with van der Waals surface area (Å²) in [6, 6.07) is 12.5. The van der Waals surface area contributed by atoms with Gasteiger partial charge in [0.1, 0.15) is 5.82 Å². The second kappa shape index (κ2) is 8.39. The number of benzene rings is 2. The molecule has 2 rings (SSSR count). The smallest absolute Gasteiger partial charge is 0.165 e. The SMILES string of the molecule is CCOc1c(CNCCc2ccc(F)cc2)cccc1OC. The lowest BCUT2D eigenvalue weighted by Gasteiger charge is -2.14. The van der Waals surface area contributed by atoms with Gasteiger partial charge in [-0.3, -0.25) is 0 Å². The topological polar surface area (TPSA) is 30.5 Å². The number of hydrogen-bond acceptors (Lipinski definition) is 3. The first-order valence-electron chi connectivity index (χ1n) is 7.48. The molecule has 0 aliphatic rings.